The molecule has 0 aromatic rings. The highest BCUT2D eigenvalue weighted by Gasteiger charge is 2.53. The third-order valence-electron chi connectivity index (χ3n) is 6.61. The molecule has 21 heavy (non-hydrogen) atoms. The van der Waals surface area contributed by atoms with Crippen LogP contribution in [-0.2, 0) is 4.74 Å². The number of nitrogens with two attached hydrogens (primary N) is 1. The summed E-state index contributed by atoms with van der Waals surface area (Å²) in [7, 11) is 1.81. The van der Waals surface area contributed by atoms with E-state index in [2.05, 4.69) is 12.2 Å². The quantitative estimate of drug-likeness (QED) is 0.723. The van der Waals surface area contributed by atoms with Crippen LogP contribution in [0.3, 0.4) is 0 Å². The minimum atomic E-state index is 0.474. The topological polar surface area (TPSA) is 47.3 Å². The standard InChI is InChI=1S/C18H34N2O/c1-13(20-17(12-21-2)4-3-5-19)18-9-14-6-15(10-18)8-16(7-14)11-18/h13-17,20H,3-12,19H2,1-2H3. The first-order chi connectivity index (χ1) is 10.1. The van der Waals surface area contributed by atoms with Gasteiger partial charge in [-0.2, -0.15) is 0 Å². The second kappa shape index (κ2) is 6.55. The van der Waals surface area contributed by atoms with Crippen molar-refractivity contribution >= 4 is 0 Å². The summed E-state index contributed by atoms with van der Waals surface area (Å²) in [4.78, 5) is 0. The van der Waals surface area contributed by atoms with Crippen LogP contribution in [0.15, 0.2) is 0 Å². The average Bonchev–Trinajstić information content (AvgIpc) is 2.43. The lowest BCUT2D eigenvalue weighted by Gasteiger charge is -2.59. The summed E-state index contributed by atoms with van der Waals surface area (Å²) in [6.07, 6.45) is 11.2. The van der Waals surface area contributed by atoms with Crippen molar-refractivity contribution in [3.8, 4) is 0 Å². The second-order valence-corrected chi connectivity index (χ2v) is 8.25. The Balaban J connectivity index is 1.62. The fourth-order valence-corrected chi connectivity index (χ4v) is 6.02. The van der Waals surface area contributed by atoms with E-state index < -0.39 is 0 Å². The monoisotopic (exact) mass is 294 g/mol. The van der Waals surface area contributed by atoms with Gasteiger partial charge in [0.15, 0.2) is 0 Å². The first-order valence-corrected chi connectivity index (χ1v) is 9.10. The largest absolute Gasteiger partial charge is 0.383 e. The van der Waals surface area contributed by atoms with Crippen molar-refractivity contribution in [2.75, 3.05) is 20.3 Å². The zero-order valence-electron chi connectivity index (χ0n) is 13.9. The van der Waals surface area contributed by atoms with Crippen molar-refractivity contribution in [3.63, 3.8) is 0 Å². The maximum Gasteiger partial charge on any atom is 0.0615 e. The van der Waals surface area contributed by atoms with Crippen LogP contribution in [0.2, 0.25) is 0 Å². The van der Waals surface area contributed by atoms with E-state index in [4.69, 9.17) is 10.5 Å². The third kappa shape index (κ3) is 3.30. The molecule has 0 heterocycles. The van der Waals surface area contributed by atoms with Gasteiger partial charge in [-0.1, -0.05) is 0 Å². The van der Waals surface area contributed by atoms with E-state index in [-0.39, 0.29) is 0 Å². The maximum absolute atomic E-state index is 5.68. The molecule has 4 rings (SSSR count). The van der Waals surface area contributed by atoms with Crippen molar-refractivity contribution in [2.24, 2.45) is 28.9 Å². The van der Waals surface area contributed by atoms with Crippen LogP contribution in [0.25, 0.3) is 0 Å². The van der Waals surface area contributed by atoms with E-state index in [9.17, 15) is 0 Å². The van der Waals surface area contributed by atoms with Gasteiger partial charge in [-0.05, 0) is 88.0 Å². The van der Waals surface area contributed by atoms with Crippen molar-refractivity contribution < 1.29 is 4.74 Å². The SMILES string of the molecule is COCC(CCCN)NC(C)C12CC3CC(CC(C3)C1)C2. The van der Waals surface area contributed by atoms with Gasteiger partial charge in [-0.25, -0.2) is 0 Å². The van der Waals surface area contributed by atoms with Crippen LogP contribution in [0, 0.1) is 23.2 Å². The molecular weight excluding hydrogens is 260 g/mol. The fraction of sp³-hybridized carbons (Fsp3) is 1.00. The molecule has 3 heteroatoms. The summed E-state index contributed by atoms with van der Waals surface area (Å²) in [5.41, 5.74) is 6.27. The van der Waals surface area contributed by atoms with Crippen molar-refractivity contribution in [2.45, 2.75) is 70.4 Å². The molecule has 2 unspecified atom stereocenters. The zero-order valence-corrected chi connectivity index (χ0v) is 13.9. The van der Waals surface area contributed by atoms with Crippen LogP contribution in [0.1, 0.15) is 58.3 Å². The lowest BCUT2D eigenvalue weighted by atomic mass is 9.48. The number of hydrogen-bond donors (Lipinski definition) is 2. The summed E-state index contributed by atoms with van der Waals surface area (Å²) in [5.74, 6) is 3.10. The minimum Gasteiger partial charge on any atom is -0.383 e. The molecule has 4 aliphatic carbocycles. The molecule has 122 valence electrons. The van der Waals surface area contributed by atoms with E-state index in [1.54, 1.807) is 0 Å². The first kappa shape index (κ1) is 15.8. The zero-order chi connectivity index (χ0) is 14.9. The Kier molecular flexibility index (Phi) is 4.92. The molecule has 0 spiro atoms. The molecule has 4 bridgehead atoms. The Morgan fingerprint density at radius 1 is 1.14 bits per heavy atom. The van der Waals surface area contributed by atoms with Gasteiger partial charge in [-0.3, -0.25) is 0 Å². The van der Waals surface area contributed by atoms with E-state index in [0.29, 0.717) is 17.5 Å². The summed E-state index contributed by atoms with van der Waals surface area (Å²) in [6.45, 7) is 4.04. The molecular formula is C18H34N2O. The number of methoxy groups -OCH3 is 1. The molecule has 4 fully saturated rings. The van der Waals surface area contributed by atoms with E-state index in [1.807, 2.05) is 7.11 Å². The van der Waals surface area contributed by atoms with Gasteiger partial charge in [0.1, 0.15) is 0 Å². The molecule has 0 radical (unpaired) electrons. The van der Waals surface area contributed by atoms with Gasteiger partial charge in [-0.15, -0.1) is 0 Å². The third-order valence-corrected chi connectivity index (χ3v) is 6.61. The molecule has 3 nitrogen and oxygen atoms in total. The summed E-state index contributed by atoms with van der Waals surface area (Å²) in [6, 6.07) is 1.10. The molecule has 2 atom stereocenters. The predicted octanol–water partition coefficient (Wildman–Crippen LogP) is 2.93. The van der Waals surface area contributed by atoms with Crippen molar-refractivity contribution in [1.29, 1.82) is 0 Å². The lowest BCUT2D eigenvalue weighted by molar-refractivity contribution is -0.0734. The fourth-order valence-electron chi connectivity index (χ4n) is 6.02. The van der Waals surface area contributed by atoms with Gasteiger partial charge >= 0.3 is 0 Å². The van der Waals surface area contributed by atoms with Crippen LogP contribution in [0.5, 0.6) is 0 Å². The highest BCUT2D eigenvalue weighted by Crippen LogP contribution is 2.61. The van der Waals surface area contributed by atoms with Crippen LogP contribution in [0.4, 0.5) is 0 Å². The van der Waals surface area contributed by atoms with Gasteiger partial charge in [0.2, 0.25) is 0 Å². The van der Waals surface area contributed by atoms with Crippen molar-refractivity contribution in [3.05, 3.63) is 0 Å². The Bertz CT molecular complexity index is 309. The average molecular weight is 294 g/mol. The molecule has 0 aliphatic heterocycles. The maximum atomic E-state index is 5.68. The van der Waals surface area contributed by atoms with Crippen LogP contribution < -0.4 is 11.1 Å². The molecule has 4 saturated carbocycles. The Labute approximate surface area is 130 Å². The lowest BCUT2D eigenvalue weighted by Crippen LogP contribution is -2.57. The van der Waals surface area contributed by atoms with Crippen LogP contribution >= 0.6 is 0 Å². The van der Waals surface area contributed by atoms with Crippen LogP contribution in [-0.4, -0.2) is 32.3 Å². The number of hydrogen-bond acceptors (Lipinski definition) is 3. The predicted molar refractivity (Wildman–Crippen MR) is 87.2 cm³/mol. The van der Waals surface area contributed by atoms with Crippen molar-refractivity contribution in [1.82, 2.24) is 5.32 Å². The van der Waals surface area contributed by atoms with E-state index >= 15 is 0 Å². The summed E-state index contributed by atoms with van der Waals surface area (Å²) < 4.78 is 5.42. The minimum absolute atomic E-state index is 0.474. The van der Waals surface area contributed by atoms with Gasteiger partial charge in [0, 0.05) is 19.2 Å². The molecule has 0 aromatic heterocycles. The van der Waals surface area contributed by atoms with Gasteiger partial charge < -0.3 is 15.8 Å². The summed E-state index contributed by atoms with van der Waals surface area (Å²) >= 11 is 0. The molecule has 0 aromatic carbocycles. The smallest absolute Gasteiger partial charge is 0.0615 e. The Morgan fingerprint density at radius 3 is 2.19 bits per heavy atom. The number of ether oxygens (including phenoxy) is 1. The second-order valence-electron chi connectivity index (χ2n) is 8.25. The Morgan fingerprint density at radius 2 is 1.71 bits per heavy atom. The molecule has 4 aliphatic rings. The highest BCUT2D eigenvalue weighted by molar-refractivity contribution is 5.05. The Hall–Kier alpha value is -0.120. The normalized spacial score (nSPS) is 40.4. The molecule has 0 amide bonds. The van der Waals surface area contributed by atoms with Gasteiger partial charge in [0.25, 0.3) is 0 Å². The number of nitrogens with one attached hydrogen (secondary N) is 1. The highest BCUT2D eigenvalue weighted by atomic mass is 16.5. The van der Waals surface area contributed by atoms with E-state index in [0.717, 1.165) is 43.7 Å². The number of rotatable bonds is 8. The molecule has 3 N–H and O–H groups in total. The first-order valence-electron chi connectivity index (χ1n) is 9.10. The molecule has 0 saturated heterocycles. The summed E-state index contributed by atoms with van der Waals surface area (Å²) in [5, 5.41) is 3.93. The van der Waals surface area contributed by atoms with Gasteiger partial charge in [0.05, 0.1) is 6.61 Å². The van der Waals surface area contributed by atoms with E-state index in [1.165, 1.54) is 38.5 Å².